The first kappa shape index (κ1) is 9.34. The maximum absolute atomic E-state index is 10.7. The first-order valence-electron chi connectivity index (χ1n) is 2.14. The normalized spacial score (nSPS) is 11.2. The Labute approximate surface area is 68.7 Å². The highest BCUT2D eigenvalue weighted by molar-refractivity contribution is 6.76. The van der Waals surface area contributed by atoms with Gasteiger partial charge in [-0.2, -0.15) is 0 Å². The van der Waals surface area contributed by atoms with Crippen molar-refractivity contribution >= 4 is 40.7 Å². The molecule has 1 amide bonds. The molecule has 0 bridgehead atoms. The minimum absolute atomic E-state index is 0.535. The molecule has 0 spiro atoms. The molecular formula is C4H6Cl3NO. The van der Waals surface area contributed by atoms with E-state index in [1.807, 2.05) is 0 Å². The number of carbonyl (C=O) groups excluding carboxylic acids is 1. The minimum Gasteiger partial charge on any atom is -0.345 e. The summed E-state index contributed by atoms with van der Waals surface area (Å²) >= 11 is 15.7. The van der Waals surface area contributed by atoms with Gasteiger partial charge in [-0.05, 0) is 0 Å². The Morgan fingerprint density at radius 3 is 1.67 bits per heavy atom. The molecule has 0 aromatic rings. The van der Waals surface area contributed by atoms with Crippen molar-refractivity contribution in [3.05, 3.63) is 0 Å². The Kier molecular flexibility index (Phi) is 3.06. The van der Waals surface area contributed by atoms with E-state index in [4.69, 9.17) is 34.8 Å². The second-order valence-electron chi connectivity index (χ2n) is 1.70. The second kappa shape index (κ2) is 2.95. The van der Waals surface area contributed by atoms with Crippen molar-refractivity contribution in [2.75, 3.05) is 14.1 Å². The number of nitrogens with zero attached hydrogens (tertiary/aromatic N) is 1. The van der Waals surface area contributed by atoms with Crippen LogP contribution in [0.4, 0.5) is 0 Å². The third-order valence-corrected chi connectivity index (χ3v) is 1.13. The van der Waals surface area contributed by atoms with Gasteiger partial charge in [0.25, 0.3) is 9.70 Å². The molecular weight excluding hydrogens is 184 g/mol. The predicted octanol–water partition coefficient (Wildman–Crippen LogP) is 1.44. The van der Waals surface area contributed by atoms with Crippen molar-refractivity contribution in [3.63, 3.8) is 0 Å². The minimum atomic E-state index is -1.82. The largest absolute Gasteiger partial charge is 0.345 e. The number of amides is 1. The van der Waals surface area contributed by atoms with E-state index in [1.54, 1.807) is 0 Å². The Morgan fingerprint density at radius 1 is 1.33 bits per heavy atom. The third kappa shape index (κ3) is 3.14. The van der Waals surface area contributed by atoms with Crippen LogP contribution >= 0.6 is 34.8 Å². The van der Waals surface area contributed by atoms with E-state index in [9.17, 15) is 4.79 Å². The van der Waals surface area contributed by atoms with E-state index >= 15 is 0 Å². The van der Waals surface area contributed by atoms with E-state index in [1.165, 1.54) is 19.0 Å². The van der Waals surface area contributed by atoms with E-state index in [2.05, 4.69) is 0 Å². The van der Waals surface area contributed by atoms with E-state index in [0.717, 1.165) is 0 Å². The molecule has 0 unspecified atom stereocenters. The summed E-state index contributed by atoms with van der Waals surface area (Å²) in [4.78, 5) is 11.9. The lowest BCUT2D eigenvalue weighted by Gasteiger charge is -2.15. The van der Waals surface area contributed by atoms with Crippen LogP contribution in [0, 0.1) is 0 Å². The first-order valence-corrected chi connectivity index (χ1v) is 3.27. The summed E-state index contributed by atoms with van der Waals surface area (Å²) in [5, 5.41) is 0. The Morgan fingerprint density at radius 2 is 1.67 bits per heavy atom. The molecule has 0 rings (SSSR count). The maximum Gasteiger partial charge on any atom is 0.274 e. The van der Waals surface area contributed by atoms with Crippen molar-refractivity contribution < 1.29 is 4.79 Å². The molecule has 0 fully saturated rings. The van der Waals surface area contributed by atoms with E-state index in [-0.39, 0.29) is 0 Å². The smallest absolute Gasteiger partial charge is 0.274 e. The molecule has 0 heterocycles. The molecule has 0 radical (unpaired) electrons. The van der Waals surface area contributed by atoms with Gasteiger partial charge in [0.05, 0.1) is 0 Å². The standard InChI is InChI=1S/C4H6Cl3NO/c1-8(2)3(9)4(5,6)7/h1-2H3. The fourth-order valence-corrected chi connectivity index (χ4v) is 0.761. The van der Waals surface area contributed by atoms with E-state index in [0.29, 0.717) is 0 Å². The number of hydrogen-bond donors (Lipinski definition) is 0. The fraction of sp³-hybridized carbons (Fsp3) is 0.750. The van der Waals surface area contributed by atoms with Gasteiger partial charge in [-0.3, -0.25) is 4.79 Å². The molecule has 0 aromatic carbocycles. The van der Waals surface area contributed by atoms with Crippen LogP contribution in [0.25, 0.3) is 0 Å². The predicted molar refractivity (Wildman–Crippen MR) is 39.0 cm³/mol. The summed E-state index contributed by atoms with van der Waals surface area (Å²) in [5.41, 5.74) is 0. The topological polar surface area (TPSA) is 20.3 Å². The van der Waals surface area contributed by atoms with Crippen molar-refractivity contribution in [3.8, 4) is 0 Å². The third-order valence-electron chi connectivity index (χ3n) is 0.649. The lowest BCUT2D eigenvalue weighted by Crippen LogP contribution is -2.33. The van der Waals surface area contributed by atoms with Gasteiger partial charge in [0.2, 0.25) is 0 Å². The fourth-order valence-electron chi connectivity index (χ4n) is 0.254. The number of halogens is 3. The second-order valence-corrected chi connectivity index (χ2v) is 3.98. The van der Waals surface area contributed by atoms with Gasteiger partial charge in [0.1, 0.15) is 0 Å². The summed E-state index contributed by atoms with van der Waals surface area (Å²) < 4.78 is -1.82. The van der Waals surface area contributed by atoms with Gasteiger partial charge in [-0.25, -0.2) is 0 Å². The number of alkyl halides is 3. The van der Waals surface area contributed by atoms with Crippen LogP contribution in [-0.4, -0.2) is 28.7 Å². The van der Waals surface area contributed by atoms with Crippen molar-refractivity contribution in [2.24, 2.45) is 0 Å². The van der Waals surface area contributed by atoms with Gasteiger partial charge in [0, 0.05) is 14.1 Å². The zero-order valence-corrected chi connectivity index (χ0v) is 7.26. The monoisotopic (exact) mass is 189 g/mol. The molecule has 0 saturated heterocycles. The van der Waals surface area contributed by atoms with Gasteiger partial charge in [-0.1, -0.05) is 34.8 Å². The van der Waals surface area contributed by atoms with Gasteiger partial charge in [-0.15, -0.1) is 0 Å². The molecule has 0 saturated carbocycles. The lowest BCUT2D eigenvalue weighted by molar-refractivity contribution is -0.127. The highest BCUT2D eigenvalue weighted by Crippen LogP contribution is 2.27. The van der Waals surface area contributed by atoms with Crippen LogP contribution in [-0.2, 0) is 4.79 Å². The summed E-state index contributed by atoms with van der Waals surface area (Å²) in [6.07, 6.45) is 0. The summed E-state index contributed by atoms with van der Waals surface area (Å²) in [5.74, 6) is -0.535. The van der Waals surface area contributed by atoms with Gasteiger partial charge < -0.3 is 4.90 Å². The Balaban J connectivity index is 4.06. The van der Waals surface area contributed by atoms with Crippen molar-refractivity contribution in [1.29, 1.82) is 0 Å². The zero-order chi connectivity index (χ0) is 7.65. The molecule has 2 nitrogen and oxygen atoms in total. The van der Waals surface area contributed by atoms with Crippen LogP contribution in [0.15, 0.2) is 0 Å². The maximum atomic E-state index is 10.7. The molecule has 0 aliphatic heterocycles. The Bertz CT molecular complexity index is 117. The van der Waals surface area contributed by atoms with Crippen LogP contribution in [0.5, 0.6) is 0 Å². The van der Waals surface area contributed by atoms with Crippen LogP contribution < -0.4 is 0 Å². The number of rotatable bonds is 0. The lowest BCUT2D eigenvalue weighted by atomic mass is 10.6. The van der Waals surface area contributed by atoms with Crippen LogP contribution in [0.3, 0.4) is 0 Å². The molecule has 0 aliphatic carbocycles. The molecule has 54 valence electrons. The van der Waals surface area contributed by atoms with Crippen LogP contribution in [0.2, 0.25) is 0 Å². The van der Waals surface area contributed by atoms with Crippen molar-refractivity contribution in [2.45, 2.75) is 3.79 Å². The molecule has 0 aliphatic rings. The SMILES string of the molecule is CN(C)C(=O)C(Cl)(Cl)Cl. The highest BCUT2D eigenvalue weighted by atomic mass is 35.6. The number of carbonyl (C=O) groups is 1. The molecule has 5 heteroatoms. The quantitative estimate of drug-likeness (QED) is 0.530. The first-order chi connectivity index (χ1) is 3.85. The summed E-state index contributed by atoms with van der Waals surface area (Å²) in [6.45, 7) is 0. The summed E-state index contributed by atoms with van der Waals surface area (Å²) in [6, 6.07) is 0. The molecule has 9 heavy (non-hydrogen) atoms. The van der Waals surface area contributed by atoms with Crippen molar-refractivity contribution in [1.82, 2.24) is 4.90 Å². The molecule has 0 aromatic heterocycles. The molecule has 0 atom stereocenters. The molecule has 0 N–H and O–H groups in total. The zero-order valence-electron chi connectivity index (χ0n) is 4.99. The van der Waals surface area contributed by atoms with Crippen LogP contribution in [0.1, 0.15) is 0 Å². The van der Waals surface area contributed by atoms with Gasteiger partial charge in [0.15, 0.2) is 0 Å². The number of hydrogen-bond acceptors (Lipinski definition) is 1. The van der Waals surface area contributed by atoms with E-state index < -0.39 is 9.70 Å². The Hall–Kier alpha value is 0.340. The highest BCUT2D eigenvalue weighted by Gasteiger charge is 2.31. The van der Waals surface area contributed by atoms with Gasteiger partial charge >= 0.3 is 0 Å². The average molecular weight is 190 g/mol. The average Bonchev–Trinajstić information content (AvgIpc) is 1.62. The summed E-state index contributed by atoms with van der Waals surface area (Å²) in [7, 11) is 3.04.